The Morgan fingerprint density at radius 1 is 1.26 bits per heavy atom. The van der Waals surface area contributed by atoms with E-state index < -0.39 is 5.41 Å². The van der Waals surface area contributed by atoms with E-state index in [2.05, 4.69) is 4.90 Å². The van der Waals surface area contributed by atoms with Gasteiger partial charge in [0.25, 0.3) is 0 Å². The van der Waals surface area contributed by atoms with Crippen molar-refractivity contribution < 1.29 is 4.79 Å². The molecule has 4 nitrogen and oxygen atoms in total. The van der Waals surface area contributed by atoms with E-state index in [-0.39, 0.29) is 11.9 Å². The summed E-state index contributed by atoms with van der Waals surface area (Å²) in [6.45, 7) is 3.41. The van der Waals surface area contributed by atoms with Gasteiger partial charge in [-0.3, -0.25) is 4.79 Å². The van der Waals surface area contributed by atoms with Crippen molar-refractivity contribution >= 4 is 5.91 Å². The molecule has 4 N–H and O–H groups in total. The molecule has 0 bridgehead atoms. The number of likely N-dealkylation sites (tertiary alicyclic amines) is 1. The number of amides is 1. The molecular weight excluding hydrogens is 238 g/mol. The largest absolute Gasteiger partial charge is 0.369 e. The Balaban J connectivity index is 1.89. The maximum absolute atomic E-state index is 11.8. The fourth-order valence-electron chi connectivity index (χ4n) is 3.09. The molecule has 2 aliphatic rings. The molecule has 2 rings (SSSR count). The smallest absolute Gasteiger partial charge is 0.229 e. The molecular formula is C15H25N3O. The third-order valence-corrected chi connectivity index (χ3v) is 4.39. The molecule has 2 unspecified atom stereocenters. The van der Waals surface area contributed by atoms with Crippen LogP contribution in [0.4, 0.5) is 0 Å². The zero-order chi connectivity index (χ0) is 13.7. The Hall–Kier alpha value is -1.13. The van der Waals surface area contributed by atoms with Crippen LogP contribution in [0, 0.1) is 5.41 Å². The van der Waals surface area contributed by atoms with Crippen LogP contribution in [-0.4, -0.2) is 36.5 Å². The van der Waals surface area contributed by atoms with Crippen LogP contribution in [0.1, 0.15) is 32.1 Å². The molecule has 106 valence electrons. The van der Waals surface area contributed by atoms with Crippen molar-refractivity contribution in [3.05, 3.63) is 24.3 Å². The van der Waals surface area contributed by atoms with Crippen LogP contribution in [0.2, 0.25) is 0 Å². The Bertz CT molecular complexity index is 372. The summed E-state index contributed by atoms with van der Waals surface area (Å²) in [5, 5.41) is 0. The van der Waals surface area contributed by atoms with Gasteiger partial charge in [-0.2, -0.15) is 0 Å². The maximum atomic E-state index is 11.8. The van der Waals surface area contributed by atoms with Crippen molar-refractivity contribution in [2.45, 2.75) is 38.1 Å². The van der Waals surface area contributed by atoms with Crippen LogP contribution in [0.25, 0.3) is 0 Å². The number of nitrogens with zero attached hydrogens (tertiary/aromatic N) is 1. The predicted octanol–water partition coefficient (Wildman–Crippen LogP) is 1.18. The first-order valence-electron chi connectivity index (χ1n) is 7.29. The molecule has 0 aromatic rings. The highest BCUT2D eigenvalue weighted by atomic mass is 16.1. The SMILES string of the molecule is NC(=O)C1(CCCN2CCCCC2)C=CC=CC1N. The first-order valence-corrected chi connectivity index (χ1v) is 7.29. The number of hydrogen-bond acceptors (Lipinski definition) is 3. The Morgan fingerprint density at radius 3 is 2.63 bits per heavy atom. The lowest BCUT2D eigenvalue weighted by atomic mass is 9.73. The van der Waals surface area contributed by atoms with Crippen LogP contribution >= 0.6 is 0 Å². The highest BCUT2D eigenvalue weighted by Crippen LogP contribution is 2.32. The summed E-state index contributed by atoms with van der Waals surface area (Å²) in [6.07, 6.45) is 13.2. The second kappa shape index (κ2) is 6.35. The van der Waals surface area contributed by atoms with Crippen molar-refractivity contribution in [1.82, 2.24) is 4.90 Å². The third kappa shape index (κ3) is 3.25. The Kier molecular flexibility index (Phi) is 4.77. The highest BCUT2D eigenvalue weighted by molar-refractivity contribution is 5.84. The first kappa shape index (κ1) is 14.3. The van der Waals surface area contributed by atoms with Crippen LogP contribution in [0.15, 0.2) is 24.3 Å². The second-order valence-electron chi connectivity index (χ2n) is 5.68. The average molecular weight is 263 g/mol. The number of primary amides is 1. The maximum Gasteiger partial charge on any atom is 0.229 e. The van der Waals surface area contributed by atoms with Gasteiger partial charge in [-0.1, -0.05) is 30.7 Å². The highest BCUT2D eigenvalue weighted by Gasteiger charge is 2.39. The van der Waals surface area contributed by atoms with Crippen LogP contribution < -0.4 is 11.5 Å². The molecule has 0 aromatic heterocycles. The molecule has 1 amide bonds. The van der Waals surface area contributed by atoms with E-state index in [0.29, 0.717) is 0 Å². The molecule has 2 atom stereocenters. The second-order valence-corrected chi connectivity index (χ2v) is 5.68. The third-order valence-electron chi connectivity index (χ3n) is 4.39. The standard InChI is InChI=1S/C15H25N3O/c16-13-7-2-3-8-15(13,14(17)19)9-6-12-18-10-4-1-5-11-18/h2-3,7-8,13H,1,4-6,9-12,16H2,(H2,17,19). The molecule has 0 aromatic carbocycles. The van der Waals surface area contributed by atoms with Gasteiger partial charge in [0, 0.05) is 6.04 Å². The summed E-state index contributed by atoms with van der Waals surface area (Å²) in [6, 6.07) is -0.295. The molecule has 19 heavy (non-hydrogen) atoms. The lowest BCUT2D eigenvalue weighted by Crippen LogP contribution is -2.49. The number of hydrogen-bond donors (Lipinski definition) is 2. The molecule has 1 heterocycles. The molecule has 1 fully saturated rings. The summed E-state index contributed by atoms with van der Waals surface area (Å²) in [5.41, 5.74) is 11.0. The van der Waals surface area contributed by atoms with E-state index >= 15 is 0 Å². The minimum absolute atomic E-state index is 0.295. The van der Waals surface area contributed by atoms with Gasteiger partial charge in [0.05, 0.1) is 5.41 Å². The van der Waals surface area contributed by atoms with Crippen molar-refractivity contribution in [2.75, 3.05) is 19.6 Å². The van der Waals surface area contributed by atoms with E-state index in [1.807, 2.05) is 24.3 Å². The fourth-order valence-corrected chi connectivity index (χ4v) is 3.09. The van der Waals surface area contributed by atoms with Gasteiger partial charge in [0.1, 0.15) is 0 Å². The van der Waals surface area contributed by atoms with Crippen molar-refractivity contribution in [1.29, 1.82) is 0 Å². The van der Waals surface area contributed by atoms with Gasteiger partial charge in [-0.05, 0) is 45.3 Å². The average Bonchev–Trinajstić information content (AvgIpc) is 2.42. The number of carbonyl (C=O) groups excluding carboxylic acids is 1. The van der Waals surface area contributed by atoms with Crippen molar-refractivity contribution in [3.63, 3.8) is 0 Å². The van der Waals surface area contributed by atoms with Gasteiger partial charge >= 0.3 is 0 Å². The summed E-state index contributed by atoms with van der Waals surface area (Å²) < 4.78 is 0. The minimum atomic E-state index is -0.690. The lowest BCUT2D eigenvalue weighted by molar-refractivity contribution is -0.126. The van der Waals surface area contributed by atoms with E-state index in [4.69, 9.17) is 11.5 Å². The minimum Gasteiger partial charge on any atom is -0.369 e. The van der Waals surface area contributed by atoms with Gasteiger partial charge in [-0.25, -0.2) is 0 Å². The summed E-state index contributed by atoms with van der Waals surface area (Å²) in [5.74, 6) is -0.306. The van der Waals surface area contributed by atoms with E-state index in [1.54, 1.807) is 0 Å². The number of allylic oxidation sites excluding steroid dienone is 2. The van der Waals surface area contributed by atoms with Crippen LogP contribution in [-0.2, 0) is 4.79 Å². The summed E-state index contributed by atoms with van der Waals surface area (Å²) >= 11 is 0. The molecule has 1 aliphatic carbocycles. The number of piperidine rings is 1. The Morgan fingerprint density at radius 2 is 2.00 bits per heavy atom. The number of rotatable bonds is 5. The lowest BCUT2D eigenvalue weighted by Gasteiger charge is -2.34. The monoisotopic (exact) mass is 263 g/mol. The topological polar surface area (TPSA) is 72.4 Å². The number of carbonyl (C=O) groups is 1. The zero-order valence-corrected chi connectivity index (χ0v) is 11.6. The predicted molar refractivity (Wildman–Crippen MR) is 77.4 cm³/mol. The summed E-state index contributed by atoms with van der Waals surface area (Å²) in [7, 11) is 0. The van der Waals surface area contributed by atoms with Crippen LogP contribution in [0.5, 0.6) is 0 Å². The van der Waals surface area contributed by atoms with Crippen molar-refractivity contribution in [3.8, 4) is 0 Å². The fraction of sp³-hybridized carbons (Fsp3) is 0.667. The van der Waals surface area contributed by atoms with E-state index in [9.17, 15) is 4.79 Å². The molecule has 1 aliphatic heterocycles. The van der Waals surface area contributed by atoms with Gasteiger partial charge in [0.2, 0.25) is 5.91 Å². The normalized spacial score (nSPS) is 31.5. The first-order chi connectivity index (χ1) is 9.15. The summed E-state index contributed by atoms with van der Waals surface area (Å²) in [4.78, 5) is 14.3. The zero-order valence-electron chi connectivity index (χ0n) is 11.6. The van der Waals surface area contributed by atoms with Crippen molar-refractivity contribution in [2.24, 2.45) is 16.9 Å². The molecule has 0 spiro atoms. The van der Waals surface area contributed by atoms with Crippen LogP contribution in [0.3, 0.4) is 0 Å². The van der Waals surface area contributed by atoms with Gasteiger partial charge < -0.3 is 16.4 Å². The van der Waals surface area contributed by atoms with E-state index in [1.165, 1.54) is 32.4 Å². The quantitative estimate of drug-likeness (QED) is 0.782. The molecule has 0 saturated carbocycles. The van der Waals surface area contributed by atoms with Gasteiger partial charge in [0.15, 0.2) is 0 Å². The molecule has 4 heteroatoms. The number of nitrogens with two attached hydrogens (primary N) is 2. The molecule has 1 saturated heterocycles. The van der Waals surface area contributed by atoms with Gasteiger partial charge in [-0.15, -0.1) is 0 Å². The Labute approximate surface area is 115 Å². The molecule has 0 radical (unpaired) electrons. The van der Waals surface area contributed by atoms with E-state index in [0.717, 1.165) is 19.4 Å².